The summed E-state index contributed by atoms with van der Waals surface area (Å²) in [5.41, 5.74) is -1.08. The minimum Gasteiger partial charge on any atom is -0.447 e. The number of anilines is 2. The van der Waals surface area contributed by atoms with Crippen LogP contribution in [0.15, 0.2) is 23.2 Å². The van der Waals surface area contributed by atoms with Gasteiger partial charge in [-0.1, -0.05) is 11.2 Å². The summed E-state index contributed by atoms with van der Waals surface area (Å²) >= 11 is 0. The largest absolute Gasteiger partial charge is 0.447 e. The standard InChI is InChI=1S/C23H23FN6O6/c1-4-12-8-34-22(33)30(12)18-13-5-11-6-23(19(25)26-21(32)27-20(23)31)17-10(3)35-9(2)7-29(17)15(11)14(24)16(13)36-28-18/h4-5,9-10,12,17H,1,6-8H2,2-3H3,(H3,25,26,27,31,32)/t9-,10+,12+,17?,23?/m1/s1. The molecule has 1 aromatic heterocycles. The van der Waals surface area contributed by atoms with E-state index in [0.29, 0.717) is 5.56 Å². The van der Waals surface area contributed by atoms with Crippen molar-refractivity contribution in [1.82, 2.24) is 15.8 Å². The molecule has 1 aromatic carbocycles. The van der Waals surface area contributed by atoms with Crippen molar-refractivity contribution in [3.05, 3.63) is 30.1 Å². The molecule has 4 aliphatic heterocycles. The minimum atomic E-state index is -1.55. The number of morpholine rings is 1. The van der Waals surface area contributed by atoms with Crippen LogP contribution in [-0.4, -0.2) is 66.5 Å². The van der Waals surface area contributed by atoms with Gasteiger partial charge in [0.15, 0.2) is 11.6 Å². The normalized spacial score (nSPS) is 31.8. The van der Waals surface area contributed by atoms with Crippen LogP contribution in [0.3, 0.4) is 0 Å². The van der Waals surface area contributed by atoms with E-state index in [2.05, 4.69) is 22.4 Å². The number of hydrogen-bond donors (Lipinski definition) is 3. The fourth-order valence-electron chi connectivity index (χ4n) is 6.01. The Labute approximate surface area is 203 Å². The maximum absolute atomic E-state index is 16.2. The number of urea groups is 1. The van der Waals surface area contributed by atoms with Gasteiger partial charge in [-0.05, 0) is 31.9 Å². The Hall–Kier alpha value is -4.00. The number of carbonyl (C=O) groups excluding carboxylic acids is 3. The monoisotopic (exact) mass is 498 g/mol. The van der Waals surface area contributed by atoms with Gasteiger partial charge in [0.2, 0.25) is 11.5 Å². The van der Waals surface area contributed by atoms with Crippen molar-refractivity contribution in [2.75, 3.05) is 23.0 Å². The third-order valence-electron chi connectivity index (χ3n) is 7.40. The maximum Gasteiger partial charge on any atom is 0.416 e. The van der Waals surface area contributed by atoms with Gasteiger partial charge in [-0.3, -0.25) is 20.8 Å². The van der Waals surface area contributed by atoms with Gasteiger partial charge >= 0.3 is 12.1 Å². The molecule has 5 atom stereocenters. The highest BCUT2D eigenvalue weighted by atomic mass is 19.1. The van der Waals surface area contributed by atoms with Crippen LogP contribution in [-0.2, 0) is 20.7 Å². The lowest BCUT2D eigenvalue weighted by Crippen LogP contribution is -2.75. The lowest BCUT2D eigenvalue weighted by molar-refractivity contribution is -0.133. The predicted molar refractivity (Wildman–Crippen MR) is 123 cm³/mol. The van der Waals surface area contributed by atoms with Gasteiger partial charge < -0.3 is 18.9 Å². The molecule has 12 nitrogen and oxygen atoms in total. The number of rotatable bonds is 2. The predicted octanol–water partition coefficient (Wildman–Crippen LogP) is 1.82. The Morgan fingerprint density at radius 1 is 1.31 bits per heavy atom. The van der Waals surface area contributed by atoms with Crippen molar-refractivity contribution in [1.29, 1.82) is 5.41 Å². The lowest BCUT2D eigenvalue weighted by atomic mass is 9.66. The molecule has 188 valence electrons. The van der Waals surface area contributed by atoms with Crippen molar-refractivity contribution in [2.45, 2.75) is 44.6 Å². The summed E-state index contributed by atoms with van der Waals surface area (Å²) in [5, 5.41) is 17.5. The van der Waals surface area contributed by atoms with Crippen LogP contribution in [0.2, 0.25) is 0 Å². The quantitative estimate of drug-likeness (QED) is 0.531. The highest BCUT2D eigenvalue weighted by Crippen LogP contribution is 2.50. The van der Waals surface area contributed by atoms with E-state index >= 15 is 4.39 Å². The van der Waals surface area contributed by atoms with E-state index in [0.717, 1.165) is 0 Å². The molecule has 3 N–H and O–H groups in total. The molecule has 13 heteroatoms. The summed E-state index contributed by atoms with van der Waals surface area (Å²) < 4.78 is 32.7. The van der Waals surface area contributed by atoms with Crippen molar-refractivity contribution >= 4 is 46.3 Å². The van der Waals surface area contributed by atoms with Crippen LogP contribution in [0.1, 0.15) is 19.4 Å². The molecule has 4 amide bonds. The molecule has 0 saturated carbocycles. The summed E-state index contributed by atoms with van der Waals surface area (Å²) in [6, 6.07) is -0.474. The first-order valence-electron chi connectivity index (χ1n) is 11.5. The third kappa shape index (κ3) is 2.80. The molecule has 6 rings (SSSR count). The fraction of sp³-hybridized carbons (Fsp3) is 0.435. The van der Waals surface area contributed by atoms with Crippen LogP contribution in [0, 0.1) is 16.6 Å². The summed E-state index contributed by atoms with van der Waals surface area (Å²) in [7, 11) is 0. The van der Waals surface area contributed by atoms with Crippen molar-refractivity contribution in [3.63, 3.8) is 0 Å². The summed E-state index contributed by atoms with van der Waals surface area (Å²) in [5.74, 6) is -1.59. The Morgan fingerprint density at radius 2 is 2.08 bits per heavy atom. The maximum atomic E-state index is 16.2. The first kappa shape index (κ1) is 22.5. The Bertz CT molecular complexity index is 1350. The molecular weight excluding hydrogens is 475 g/mol. The zero-order valence-electron chi connectivity index (χ0n) is 19.5. The fourth-order valence-corrected chi connectivity index (χ4v) is 6.01. The number of amidine groups is 1. The molecule has 3 saturated heterocycles. The molecule has 2 unspecified atom stereocenters. The molecular formula is C23H23FN6O6. The number of cyclic esters (lactones) is 1. The number of benzene rings is 1. The van der Waals surface area contributed by atoms with E-state index < -0.39 is 47.5 Å². The van der Waals surface area contributed by atoms with E-state index in [1.807, 2.05) is 6.92 Å². The second-order valence-corrected chi connectivity index (χ2v) is 9.51. The number of amides is 4. The van der Waals surface area contributed by atoms with Gasteiger partial charge in [-0.15, -0.1) is 6.58 Å². The molecule has 4 aliphatic rings. The van der Waals surface area contributed by atoms with Crippen molar-refractivity contribution in [2.24, 2.45) is 5.41 Å². The highest BCUT2D eigenvalue weighted by molar-refractivity contribution is 6.21. The minimum absolute atomic E-state index is 0.0650. The topological polar surface area (TPSA) is 150 Å². The number of halogens is 1. The van der Waals surface area contributed by atoms with Gasteiger partial charge in [0, 0.05) is 6.54 Å². The average molecular weight is 498 g/mol. The van der Waals surface area contributed by atoms with Gasteiger partial charge in [0.25, 0.3) is 0 Å². The third-order valence-corrected chi connectivity index (χ3v) is 7.40. The molecule has 36 heavy (non-hydrogen) atoms. The van der Waals surface area contributed by atoms with Crippen LogP contribution < -0.4 is 20.4 Å². The molecule has 0 bridgehead atoms. The number of ether oxygens (including phenoxy) is 2. The van der Waals surface area contributed by atoms with Gasteiger partial charge in [-0.2, -0.15) is 0 Å². The number of carbonyl (C=O) groups is 3. The number of nitrogens with one attached hydrogen (secondary N) is 3. The Morgan fingerprint density at radius 3 is 2.81 bits per heavy atom. The molecule has 0 radical (unpaired) electrons. The summed E-state index contributed by atoms with van der Waals surface area (Å²) in [6.07, 6.45) is -0.119. The molecule has 3 fully saturated rings. The Kier molecular flexibility index (Phi) is 4.68. The second kappa shape index (κ2) is 7.50. The zero-order valence-corrected chi connectivity index (χ0v) is 19.5. The number of imide groups is 1. The highest BCUT2D eigenvalue weighted by Gasteiger charge is 2.61. The van der Waals surface area contributed by atoms with Crippen molar-refractivity contribution < 1.29 is 32.8 Å². The van der Waals surface area contributed by atoms with E-state index in [4.69, 9.17) is 19.4 Å². The summed E-state index contributed by atoms with van der Waals surface area (Å²) in [6.45, 7) is 7.61. The first-order valence-corrected chi connectivity index (χ1v) is 11.5. The van der Waals surface area contributed by atoms with E-state index in [1.54, 1.807) is 17.9 Å². The summed E-state index contributed by atoms with van der Waals surface area (Å²) in [4.78, 5) is 40.7. The van der Waals surface area contributed by atoms with Crippen LogP contribution in [0.4, 0.5) is 25.5 Å². The smallest absolute Gasteiger partial charge is 0.416 e. The van der Waals surface area contributed by atoms with Crippen molar-refractivity contribution in [3.8, 4) is 0 Å². The van der Waals surface area contributed by atoms with Gasteiger partial charge in [-0.25, -0.2) is 18.9 Å². The van der Waals surface area contributed by atoms with Crippen LogP contribution in [0.5, 0.6) is 0 Å². The molecule has 0 aliphatic carbocycles. The average Bonchev–Trinajstić information content (AvgIpc) is 3.39. The molecule has 2 aromatic rings. The SMILES string of the molecule is C=C[C@H]1COC(=O)N1c1noc2c(F)c3c(cc12)CC1(C(=N)NC(=O)NC1=O)C1[C@H](C)O[C@H](C)CN31. The number of aromatic nitrogens is 1. The van der Waals surface area contributed by atoms with Gasteiger partial charge in [0.05, 0.1) is 35.4 Å². The number of hydrogen-bond acceptors (Lipinski definition) is 9. The van der Waals surface area contributed by atoms with E-state index in [-0.39, 0.29) is 54.0 Å². The zero-order chi connectivity index (χ0) is 25.5. The lowest BCUT2D eigenvalue weighted by Gasteiger charge is -2.56. The second-order valence-electron chi connectivity index (χ2n) is 9.51. The number of fused-ring (bicyclic) bond motifs is 5. The number of nitrogens with zero attached hydrogens (tertiary/aromatic N) is 3. The van der Waals surface area contributed by atoms with E-state index in [1.165, 1.54) is 11.0 Å². The van der Waals surface area contributed by atoms with E-state index in [9.17, 15) is 14.4 Å². The molecule has 5 heterocycles. The Balaban J connectivity index is 1.58. The van der Waals surface area contributed by atoms with Gasteiger partial charge in [0.1, 0.15) is 17.9 Å². The van der Waals surface area contributed by atoms with Crippen LogP contribution in [0.25, 0.3) is 11.0 Å². The van der Waals surface area contributed by atoms with Crippen LogP contribution >= 0.6 is 0 Å². The molecule has 1 spiro atoms. The first-order chi connectivity index (χ1) is 17.2.